The molecule has 0 spiro atoms. The Hall–Kier alpha value is -0.500. The summed E-state index contributed by atoms with van der Waals surface area (Å²) in [5.74, 6) is 2.81. The van der Waals surface area contributed by atoms with Crippen LogP contribution in [0.5, 0.6) is 0 Å². The van der Waals surface area contributed by atoms with Crippen LogP contribution in [0.4, 0.5) is 0 Å². The van der Waals surface area contributed by atoms with Crippen molar-refractivity contribution in [1.29, 1.82) is 0 Å². The van der Waals surface area contributed by atoms with Crippen LogP contribution >= 0.6 is 11.6 Å². The first-order chi connectivity index (χ1) is 9.28. The fourth-order valence-electron chi connectivity index (χ4n) is 4.53. The molecule has 0 N–H and O–H groups in total. The molecule has 1 aromatic heterocycles. The molecule has 3 aliphatic rings. The molecule has 1 heterocycles. The fraction of sp³-hybridized carbons (Fsp3) is 0.812. The third kappa shape index (κ3) is 2.22. The van der Waals surface area contributed by atoms with Crippen LogP contribution in [0.15, 0.2) is 12.3 Å². The molecule has 1 aromatic rings. The van der Waals surface area contributed by atoms with Crippen molar-refractivity contribution in [3.05, 3.63) is 18.0 Å². The minimum atomic E-state index is 0.365. The summed E-state index contributed by atoms with van der Waals surface area (Å²) in [6, 6.07) is 2.90. The Bertz CT molecular complexity index is 451. The summed E-state index contributed by atoms with van der Waals surface area (Å²) >= 11 is 6.30. The lowest BCUT2D eigenvalue weighted by atomic mass is 9.81. The zero-order chi connectivity index (χ0) is 12.9. The van der Waals surface area contributed by atoms with Crippen LogP contribution in [0.2, 0.25) is 0 Å². The van der Waals surface area contributed by atoms with Gasteiger partial charge in [0.05, 0.1) is 11.7 Å². The number of nitrogens with zero attached hydrogens (tertiary/aromatic N) is 2. The molecule has 0 amide bonds. The summed E-state index contributed by atoms with van der Waals surface area (Å²) in [4.78, 5) is 0. The maximum atomic E-state index is 6.30. The molecule has 2 unspecified atom stereocenters. The molecule has 0 aromatic carbocycles. The Kier molecular flexibility index (Phi) is 2.91. The fourth-order valence-corrected chi connectivity index (χ4v) is 4.85. The summed E-state index contributed by atoms with van der Waals surface area (Å²) in [7, 11) is 0. The van der Waals surface area contributed by atoms with Gasteiger partial charge < -0.3 is 0 Å². The molecule has 0 bridgehead atoms. The SMILES string of the molecule is ClCC1(Cc2ccn(C3CCCC3)n2)CC2CC2C1. The van der Waals surface area contributed by atoms with Gasteiger partial charge in [-0.25, -0.2) is 0 Å². The van der Waals surface area contributed by atoms with Crippen molar-refractivity contribution in [3.8, 4) is 0 Å². The van der Waals surface area contributed by atoms with E-state index in [-0.39, 0.29) is 0 Å². The second kappa shape index (κ2) is 4.51. The van der Waals surface area contributed by atoms with Gasteiger partial charge in [-0.3, -0.25) is 4.68 Å². The molecule has 3 fully saturated rings. The number of alkyl halides is 1. The van der Waals surface area contributed by atoms with Crippen molar-refractivity contribution >= 4 is 11.6 Å². The maximum Gasteiger partial charge on any atom is 0.0630 e. The van der Waals surface area contributed by atoms with Crippen LogP contribution in [0.3, 0.4) is 0 Å². The second-order valence-electron chi connectivity index (χ2n) is 7.20. The lowest BCUT2D eigenvalue weighted by molar-refractivity contribution is 0.298. The van der Waals surface area contributed by atoms with Crippen molar-refractivity contribution in [2.45, 2.75) is 57.4 Å². The minimum absolute atomic E-state index is 0.365. The number of hydrogen-bond acceptors (Lipinski definition) is 1. The molecule has 3 saturated carbocycles. The first kappa shape index (κ1) is 12.3. The number of halogens is 1. The first-order valence-electron chi connectivity index (χ1n) is 7.88. The van der Waals surface area contributed by atoms with E-state index in [1.165, 1.54) is 50.6 Å². The number of fused-ring (bicyclic) bond motifs is 1. The molecule has 104 valence electrons. The quantitative estimate of drug-likeness (QED) is 0.755. The van der Waals surface area contributed by atoms with E-state index in [4.69, 9.17) is 16.7 Å². The van der Waals surface area contributed by atoms with Crippen molar-refractivity contribution in [2.24, 2.45) is 17.3 Å². The Balaban J connectivity index is 1.47. The van der Waals surface area contributed by atoms with Gasteiger partial charge in [-0.05, 0) is 61.8 Å². The van der Waals surface area contributed by atoms with E-state index in [1.54, 1.807) is 0 Å². The molecule has 4 rings (SSSR count). The van der Waals surface area contributed by atoms with Crippen molar-refractivity contribution < 1.29 is 0 Å². The summed E-state index contributed by atoms with van der Waals surface area (Å²) in [5, 5.41) is 4.85. The van der Waals surface area contributed by atoms with Gasteiger partial charge in [0.25, 0.3) is 0 Å². The molecular formula is C16H23ClN2. The van der Waals surface area contributed by atoms with E-state index >= 15 is 0 Å². The average molecular weight is 279 g/mol. The normalized spacial score (nSPS) is 37.7. The predicted octanol–water partition coefficient (Wildman–Crippen LogP) is 4.20. The summed E-state index contributed by atoms with van der Waals surface area (Å²) in [6.45, 7) is 0. The van der Waals surface area contributed by atoms with E-state index in [1.807, 2.05) is 0 Å². The van der Waals surface area contributed by atoms with Crippen LogP contribution in [0.1, 0.15) is 56.7 Å². The van der Waals surface area contributed by atoms with Gasteiger partial charge in [0, 0.05) is 12.1 Å². The smallest absolute Gasteiger partial charge is 0.0630 e. The third-order valence-corrected chi connectivity index (χ3v) is 6.23. The van der Waals surface area contributed by atoms with Gasteiger partial charge in [-0.15, -0.1) is 11.6 Å². The first-order valence-corrected chi connectivity index (χ1v) is 8.41. The summed E-state index contributed by atoms with van der Waals surface area (Å²) in [6.07, 6.45) is 12.8. The van der Waals surface area contributed by atoms with Gasteiger partial charge in [0.2, 0.25) is 0 Å². The standard InChI is InChI=1S/C16H23ClN2/c17-11-16(8-12-7-13(12)9-16)10-14-5-6-19(18-14)15-3-1-2-4-15/h5-6,12-13,15H,1-4,7-11H2. The molecule has 0 radical (unpaired) electrons. The summed E-state index contributed by atoms with van der Waals surface area (Å²) in [5.41, 5.74) is 1.64. The third-order valence-electron chi connectivity index (χ3n) is 5.66. The zero-order valence-corrected chi connectivity index (χ0v) is 12.3. The van der Waals surface area contributed by atoms with Crippen molar-refractivity contribution in [1.82, 2.24) is 9.78 Å². The number of rotatable bonds is 4. The van der Waals surface area contributed by atoms with Gasteiger partial charge in [0.15, 0.2) is 0 Å². The molecule has 3 heteroatoms. The number of aromatic nitrogens is 2. The topological polar surface area (TPSA) is 17.8 Å². The Morgan fingerprint density at radius 3 is 2.68 bits per heavy atom. The highest BCUT2D eigenvalue weighted by Gasteiger charge is 2.53. The molecule has 0 aliphatic heterocycles. The lowest BCUT2D eigenvalue weighted by Crippen LogP contribution is -2.24. The predicted molar refractivity (Wildman–Crippen MR) is 77.4 cm³/mol. The van der Waals surface area contributed by atoms with Crippen LogP contribution in [-0.2, 0) is 6.42 Å². The average Bonchev–Trinajstić information content (AvgIpc) is 2.90. The molecule has 3 aliphatic carbocycles. The van der Waals surface area contributed by atoms with Gasteiger partial charge in [-0.2, -0.15) is 5.10 Å². The maximum absolute atomic E-state index is 6.30. The lowest BCUT2D eigenvalue weighted by Gasteiger charge is -2.27. The van der Waals surface area contributed by atoms with Gasteiger partial charge in [0.1, 0.15) is 0 Å². The van der Waals surface area contributed by atoms with Crippen molar-refractivity contribution in [3.63, 3.8) is 0 Å². The van der Waals surface area contributed by atoms with Gasteiger partial charge >= 0.3 is 0 Å². The summed E-state index contributed by atoms with van der Waals surface area (Å²) < 4.78 is 2.22. The van der Waals surface area contributed by atoms with E-state index in [2.05, 4.69) is 16.9 Å². The zero-order valence-electron chi connectivity index (χ0n) is 11.5. The molecule has 0 saturated heterocycles. The highest BCUT2D eigenvalue weighted by molar-refractivity contribution is 6.18. The van der Waals surface area contributed by atoms with E-state index in [0.29, 0.717) is 11.5 Å². The monoisotopic (exact) mass is 278 g/mol. The highest BCUT2D eigenvalue weighted by atomic mass is 35.5. The molecular weight excluding hydrogens is 256 g/mol. The molecule has 2 nitrogen and oxygen atoms in total. The van der Waals surface area contributed by atoms with Gasteiger partial charge in [-0.1, -0.05) is 12.8 Å². The Morgan fingerprint density at radius 2 is 2.00 bits per heavy atom. The Morgan fingerprint density at radius 1 is 1.26 bits per heavy atom. The largest absolute Gasteiger partial charge is 0.269 e. The highest BCUT2D eigenvalue weighted by Crippen LogP contribution is 2.61. The van der Waals surface area contributed by atoms with E-state index in [9.17, 15) is 0 Å². The minimum Gasteiger partial charge on any atom is -0.269 e. The van der Waals surface area contributed by atoms with Crippen LogP contribution < -0.4 is 0 Å². The van der Waals surface area contributed by atoms with Crippen LogP contribution in [0.25, 0.3) is 0 Å². The second-order valence-corrected chi connectivity index (χ2v) is 7.47. The van der Waals surface area contributed by atoms with Crippen LogP contribution in [0, 0.1) is 17.3 Å². The Labute approximate surface area is 120 Å². The number of hydrogen-bond donors (Lipinski definition) is 0. The molecule has 19 heavy (non-hydrogen) atoms. The van der Waals surface area contributed by atoms with Crippen LogP contribution in [-0.4, -0.2) is 15.7 Å². The molecule has 2 atom stereocenters. The van der Waals surface area contributed by atoms with Crippen molar-refractivity contribution in [2.75, 3.05) is 5.88 Å². The van der Waals surface area contributed by atoms with E-state index < -0.39 is 0 Å². The van der Waals surface area contributed by atoms with E-state index in [0.717, 1.165) is 24.1 Å².